The van der Waals surface area contributed by atoms with Gasteiger partial charge in [-0.05, 0) is 48.9 Å². The summed E-state index contributed by atoms with van der Waals surface area (Å²) in [6, 6.07) is 6.42. The average Bonchev–Trinajstić information content (AvgIpc) is 3.00. The summed E-state index contributed by atoms with van der Waals surface area (Å²) in [5.41, 5.74) is 9.13. The third kappa shape index (κ3) is 2.97. The molecule has 1 saturated heterocycles. The van der Waals surface area contributed by atoms with Crippen molar-refractivity contribution in [3.05, 3.63) is 29.3 Å². The number of fused-ring (bicyclic) bond motifs is 1. The highest BCUT2D eigenvalue weighted by Gasteiger charge is 2.28. The van der Waals surface area contributed by atoms with Gasteiger partial charge >= 0.3 is 0 Å². The van der Waals surface area contributed by atoms with Crippen LogP contribution in [0.4, 0.5) is 0 Å². The molecule has 1 aromatic carbocycles. The third-order valence-corrected chi connectivity index (χ3v) is 5.85. The number of benzene rings is 1. The molecule has 20 heavy (non-hydrogen) atoms. The summed E-state index contributed by atoms with van der Waals surface area (Å²) in [7, 11) is 1.71. The van der Waals surface area contributed by atoms with Gasteiger partial charge in [0.25, 0.3) is 0 Å². The molecular weight excluding hydrogens is 270 g/mol. The maximum Gasteiger partial charge on any atom is 0.119 e. The Morgan fingerprint density at radius 2 is 2.30 bits per heavy atom. The fourth-order valence-electron chi connectivity index (χ4n) is 3.11. The Morgan fingerprint density at radius 1 is 1.40 bits per heavy atom. The van der Waals surface area contributed by atoms with Gasteiger partial charge in [-0.2, -0.15) is 11.8 Å². The minimum absolute atomic E-state index is 0.111. The molecule has 3 nitrogen and oxygen atoms in total. The molecule has 1 fully saturated rings. The first-order valence-corrected chi connectivity index (χ1v) is 8.48. The van der Waals surface area contributed by atoms with Crippen molar-refractivity contribution in [1.29, 1.82) is 0 Å². The highest BCUT2D eigenvalue weighted by molar-refractivity contribution is 8.00. The summed E-state index contributed by atoms with van der Waals surface area (Å²) in [5.74, 6) is 1.99. The molecule has 1 aliphatic carbocycles. The van der Waals surface area contributed by atoms with Crippen LogP contribution in [0.25, 0.3) is 0 Å². The van der Waals surface area contributed by atoms with Crippen molar-refractivity contribution in [2.75, 3.05) is 19.5 Å². The molecule has 0 bridgehead atoms. The van der Waals surface area contributed by atoms with E-state index in [1.54, 1.807) is 7.11 Å². The second-order valence-electron chi connectivity index (χ2n) is 5.64. The van der Waals surface area contributed by atoms with Crippen LogP contribution >= 0.6 is 11.8 Å². The highest BCUT2D eigenvalue weighted by Crippen LogP contribution is 2.37. The lowest BCUT2D eigenvalue weighted by Crippen LogP contribution is -2.30. The van der Waals surface area contributed by atoms with Gasteiger partial charge in [0, 0.05) is 23.7 Å². The molecule has 1 aromatic rings. The van der Waals surface area contributed by atoms with Gasteiger partial charge in [-0.1, -0.05) is 6.07 Å². The first kappa shape index (κ1) is 14.2. The van der Waals surface area contributed by atoms with E-state index in [2.05, 4.69) is 12.1 Å². The van der Waals surface area contributed by atoms with Gasteiger partial charge in [0.05, 0.1) is 13.2 Å². The van der Waals surface area contributed by atoms with E-state index in [4.69, 9.17) is 15.2 Å². The Balaban J connectivity index is 1.66. The molecule has 1 aliphatic heterocycles. The lowest BCUT2D eigenvalue weighted by atomic mass is 9.87. The van der Waals surface area contributed by atoms with E-state index in [0.29, 0.717) is 11.4 Å². The largest absolute Gasteiger partial charge is 0.497 e. The number of thioether (sulfide) groups is 1. The first-order valence-electron chi connectivity index (χ1n) is 7.43. The van der Waals surface area contributed by atoms with Crippen LogP contribution in [0.2, 0.25) is 0 Å². The van der Waals surface area contributed by atoms with E-state index < -0.39 is 0 Å². The zero-order valence-electron chi connectivity index (χ0n) is 12.0. The number of hydrogen-bond donors (Lipinski definition) is 1. The van der Waals surface area contributed by atoms with E-state index in [0.717, 1.165) is 31.0 Å². The number of rotatable bonds is 4. The molecular formula is C16H23NO2S. The molecule has 110 valence electrons. The second-order valence-corrected chi connectivity index (χ2v) is 6.91. The number of hydrogen-bond acceptors (Lipinski definition) is 4. The standard InChI is InChI=1S/C16H23NO2S/c1-18-12-6-4-11-5-7-15(16(17)14(11)9-12)20-10-13-3-2-8-19-13/h4,6,9,13,15-16H,2-3,5,7-8,10,17H2,1H3. The summed E-state index contributed by atoms with van der Waals surface area (Å²) in [6.07, 6.45) is 5.15. The highest BCUT2D eigenvalue weighted by atomic mass is 32.2. The normalized spacial score (nSPS) is 29.2. The monoisotopic (exact) mass is 293 g/mol. The Kier molecular flexibility index (Phi) is 4.54. The molecule has 4 heteroatoms. The van der Waals surface area contributed by atoms with Gasteiger partial charge in [0.2, 0.25) is 0 Å². The summed E-state index contributed by atoms with van der Waals surface area (Å²) in [5, 5.41) is 0.499. The number of nitrogens with two attached hydrogens (primary N) is 1. The van der Waals surface area contributed by atoms with Crippen molar-refractivity contribution in [3.63, 3.8) is 0 Å². The zero-order valence-corrected chi connectivity index (χ0v) is 12.8. The Hall–Kier alpha value is -0.710. The lowest BCUT2D eigenvalue weighted by Gasteiger charge is -2.31. The maximum absolute atomic E-state index is 6.48. The van der Waals surface area contributed by atoms with Crippen molar-refractivity contribution in [2.24, 2.45) is 5.73 Å². The molecule has 3 unspecified atom stereocenters. The minimum atomic E-state index is 0.111. The second kappa shape index (κ2) is 6.37. The van der Waals surface area contributed by atoms with Crippen molar-refractivity contribution < 1.29 is 9.47 Å². The van der Waals surface area contributed by atoms with E-state index in [-0.39, 0.29) is 6.04 Å². The van der Waals surface area contributed by atoms with Gasteiger partial charge in [0.1, 0.15) is 5.75 Å². The predicted molar refractivity (Wildman–Crippen MR) is 83.5 cm³/mol. The molecule has 1 heterocycles. The lowest BCUT2D eigenvalue weighted by molar-refractivity contribution is 0.128. The number of ether oxygens (including phenoxy) is 2. The Labute approximate surface area is 125 Å². The Morgan fingerprint density at radius 3 is 3.05 bits per heavy atom. The minimum Gasteiger partial charge on any atom is -0.497 e. The molecule has 3 atom stereocenters. The topological polar surface area (TPSA) is 44.5 Å². The third-order valence-electron chi connectivity index (χ3n) is 4.33. The molecule has 0 amide bonds. The van der Waals surface area contributed by atoms with Crippen LogP contribution in [0, 0.1) is 0 Å². The summed E-state index contributed by atoms with van der Waals surface area (Å²) >= 11 is 1.99. The number of methoxy groups -OCH3 is 1. The van der Waals surface area contributed by atoms with E-state index >= 15 is 0 Å². The van der Waals surface area contributed by atoms with Crippen LogP contribution in [0.15, 0.2) is 18.2 Å². The molecule has 2 aliphatic rings. The fourth-order valence-corrected chi connectivity index (χ4v) is 4.47. The molecule has 0 spiro atoms. The summed E-state index contributed by atoms with van der Waals surface area (Å²) in [4.78, 5) is 0. The molecule has 0 aromatic heterocycles. The van der Waals surface area contributed by atoms with Crippen LogP contribution in [0.5, 0.6) is 5.75 Å². The Bertz CT molecular complexity index is 460. The first-order chi connectivity index (χ1) is 9.78. The molecule has 3 rings (SSSR count). The maximum atomic E-state index is 6.48. The van der Waals surface area contributed by atoms with Crippen LogP contribution < -0.4 is 10.5 Å². The van der Waals surface area contributed by atoms with Crippen LogP contribution in [-0.4, -0.2) is 30.8 Å². The van der Waals surface area contributed by atoms with Crippen molar-refractivity contribution in [2.45, 2.75) is 43.1 Å². The van der Waals surface area contributed by atoms with Gasteiger partial charge in [0.15, 0.2) is 0 Å². The summed E-state index contributed by atoms with van der Waals surface area (Å²) in [6.45, 7) is 0.933. The van der Waals surface area contributed by atoms with Crippen molar-refractivity contribution >= 4 is 11.8 Å². The molecule has 0 radical (unpaired) electrons. The van der Waals surface area contributed by atoms with E-state index in [1.165, 1.54) is 24.0 Å². The fraction of sp³-hybridized carbons (Fsp3) is 0.625. The zero-order chi connectivity index (χ0) is 13.9. The summed E-state index contributed by atoms with van der Waals surface area (Å²) < 4.78 is 11.0. The SMILES string of the molecule is COc1ccc2c(c1)C(N)C(SCC1CCCO1)CC2. The smallest absolute Gasteiger partial charge is 0.119 e. The van der Waals surface area contributed by atoms with Crippen LogP contribution in [0.3, 0.4) is 0 Å². The quantitative estimate of drug-likeness (QED) is 0.927. The van der Waals surface area contributed by atoms with Gasteiger partial charge < -0.3 is 15.2 Å². The van der Waals surface area contributed by atoms with Crippen LogP contribution in [0.1, 0.15) is 36.4 Å². The van der Waals surface area contributed by atoms with Gasteiger partial charge in [-0.15, -0.1) is 0 Å². The molecule has 0 saturated carbocycles. The van der Waals surface area contributed by atoms with E-state index in [1.807, 2.05) is 17.8 Å². The number of aryl methyl sites for hydroxylation is 1. The van der Waals surface area contributed by atoms with Crippen LogP contribution in [-0.2, 0) is 11.2 Å². The predicted octanol–water partition coefficient (Wildman–Crippen LogP) is 2.92. The molecule has 2 N–H and O–H groups in total. The average molecular weight is 293 g/mol. The van der Waals surface area contributed by atoms with Crippen molar-refractivity contribution in [3.8, 4) is 5.75 Å². The van der Waals surface area contributed by atoms with Gasteiger partial charge in [-0.25, -0.2) is 0 Å². The van der Waals surface area contributed by atoms with Crippen molar-refractivity contribution in [1.82, 2.24) is 0 Å². The van der Waals surface area contributed by atoms with E-state index in [9.17, 15) is 0 Å². The van der Waals surface area contributed by atoms with Gasteiger partial charge in [-0.3, -0.25) is 0 Å².